The summed E-state index contributed by atoms with van der Waals surface area (Å²) in [5.41, 5.74) is 6.92. The van der Waals surface area contributed by atoms with Gasteiger partial charge in [-0.1, -0.05) is 30.3 Å². The van der Waals surface area contributed by atoms with E-state index in [2.05, 4.69) is 0 Å². The summed E-state index contributed by atoms with van der Waals surface area (Å²) in [4.78, 5) is 13.5. The standard InChI is InChI=1S/C18H22N2O2S/c1-18(2,3)22-17(21)20(23-16-10-5-4-6-11-16)13-14-8-7-9-15(19)12-14/h4-12H,13,19H2,1-3H3. The van der Waals surface area contributed by atoms with Crippen molar-refractivity contribution in [2.75, 3.05) is 5.73 Å². The molecule has 0 atom stereocenters. The van der Waals surface area contributed by atoms with Gasteiger partial charge in [-0.2, -0.15) is 0 Å². The first-order valence-corrected chi connectivity index (χ1v) is 8.19. The van der Waals surface area contributed by atoms with Crippen LogP contribution in [-0.2, 0) is 11.3 Å². The molecule has 0 aliphatic carbocycles. The number of carbonyl (C=O) groups excluding carboxylic acids is 1. The van der Waals surface area contributed by atoms with E-state index < -0.39 is 5.60 Å². The average Bonchev–Trinajstić information content (AvgIpc) is 2.46. The number of benzene rings is 2. The smallest absolute Gasteiger partial charge is 0.420 e. The SMILES string of the molecule is CC(C)(C)OC(=O)N(Cc1cccc(N)c1)Sc1ccccc1. The molecule has 4 nitrogen and oxygen atoms in total. The Hall–Kier alpha value is -2.14. The molecule has 0 radical (unpaired) electrons. The summed E-state index contributed by atoms with van der Waals surface area (Å²) in [6.45, 7) is 5.99. The molecule has 0 aliphatic rings. The summed E-state index contributed by atoms with van der Waals surface area (Å²) in [5, 5.41) is 0. The van der Waals surface area contributed by atoms with Crippen molar-refractivity contribution in [1.29, 1.82) is 0 Å². The van der Waals surface area contributed by atoms with Crippen LogP contribution in [0.25, 0.3) is 0 Å². The van der Waals surface area contributed by atoms with Crippen molar-refractivity contribution >= 4 is 23.7 Å². The zero-order chi connectivity index (χ0) is 16.9. The summed E-state index contributed by atoms with van der Waals surface area (Å²) in [5.74, 6) is 0. The van der Waals surface area contributed by atoms with Gasteiger partial charge in [0.1, 0.15) is 5.60 Å². The number of nitrogen functional groups attached to an aromatic ring is 1. The molecule has 2 aromatic carbocycles. The zero-order valence-corrected chi connectivity index (χ0v) is 14.5. The van der Waals surface area contributed by atoms with Crippen LogP contribution in [0.5, 0.6) is 0 Å². The molecular weight excluding hydrogens is 308 g/mol. The second-order valence-corrected chi connectivity index (χ2v) is 7.26. The number of hydrogen-bond donors (Lipinski definition) is 1. The maximum atomic E-state index is 12.5. The van der Waals surface area contributed by atoms with E-state index in [4.69, 9.17) is 10.5 Å². The maximum Gasteiger partial charge on any atom is 0.420 e. The van der Waals surface area contributed by atoms with Crippen molar-refractivity contribution in [3.63, 3.8) is 0 Å². The lowest BCUT2D eigenvalue weighted by atomic mass is 10.2. The molecule has 0 bridgehead atoms. The predicted molar refractivity (Wildman–Crippen MR) is 94.9 cm³/mol. The van der Waals surface area contributed by atoms with E-state index >= 15 is 0 Å². The molecule has 1 amide bonds. The molecule has 0 unspecified atom stereocenters. The first-order chi connectivity index (χ1) is 10.8. The summed E-state index contributed by atoms with van der Waals surface area (Å²) in [6, 6.07) is 17.3. The van der Waals surface area contributed by atoms with Gasteiger partial charge in [0.15, 0.2) is 0 Å². The second-order valence-electron chi connectivity index (χ2n) is 6.17. The molecule has 23 heavy (non-hydrogen) atoms. The Balaban J connectivity index is 2.18. The molecule has 0 fully saturated rings. The van der Waals surface area contributed by atoms with Crippen molar-refractivity contribution in [3.05, 3.63) is 60.2 Å². The molecule has 0 heterocycles. The van der Waals surface area contributed by atoms with Crippen molar-refractivity contribution in [3.8, 4) is 0 Å². The third kappa shape index (κ3) is 5.87. The van der Waals surface area contributed by atoms with Gasteiger partial charge in [0.25, 0.3) is 0 Å². The van der Waals surface area contributed by atoms with Crippen molar-refractivity contribution < 1.29 is 9.53 Å². The summed E-state index contributed by atoms with van der Waals surface area (Å²) in [6.07, 6.45) is -0.367. The molecule has 2 rings (SSSR count). The molecular formula is C18H22N2O2S. The lowest BCUT2D eigenvalue weighted by molar-refractivity contribution is 0.0396. The van der Waals surface area contributed by atoms with Gasteiger partial charge in [-0.05, 0) is 62.5 Å². The minimum Gasteiger partial charge on any atom is -0.443 e. The fourth-order valence-electron chi connectivity index (χ4n) is 1.91. The monoisotopic (exact) mass is 330 g/mol. The Labute approximate surface area is 141 Å². The third-order valence-electron chi connectivity index (χ3n) is 2.83. The number of nitrogens with two attached hydrogens (primary N) is 1. The largest absolute Gasteiger partial charge is 0.443 e. The Bertz CT molecular complexity index is 654. The zero-order valence-electron chi connectivity index (χ0n) is 13.7. The van der Waals surface area contributed by atoms with Gasteiger partial charge in [0.2, 0.25) is 0 Å². The van der Waals surface area contributed by atoms with Crippen LogP contribution < -0.4 is 5.73 Å². The second kappa shape index (κ2) is 7.42. The molecule has 2 aromatic rings. The van der Waals surface area contributed by atoms with Gasteiger partial charge in [0.05, 0.1) is 6.54 Å². The number of anilines is 1. The van der Waals surface area contributed by atoms with Gasteiger partial charge >= 0.3 is 6.09 Å². The van der Waals surface area contributed by atoms with E-state index in [1.54, 1.807) is 4.31 Å². The molecule has 0 saturated heterocycles. The highest BCUT2D eigenvalue weighted by molar-refractivity contribution is 7.97. The first-order valence-electron chi connectivity index (χ1n) is 7.41. The van der Waals surface area contributed by atoms with Crippen molar-refractivity contribution in [2.45, 2.75) is 37.8 Å². The van der Waals surface area contributed by atoms with Gasteiger partial charge in [-0.15, -0.1) is 0 Å². The Morgan fingerprint density at radius 2 is 1.83 bits per heavy atom. The average molecular weight is 330 g/mol. The lowest BCUT2D eigenvalue weighted by Crippen LogP contribution is -2.32. The van der Waals surface area contributed by atoms with Crippen LogP contribution in [0.15, 0.2) is 59.5 Å². The van der Waals surface area contributed by atoms with Crippen LogP contribution >= 0.6 is 11.9 Å². The van der Waals surface area contributed by atoms with Crippen molar-refractivity contribution in [2.24, 2.45) is 0 Å². The number of ether oxygens (including phenoxy) is 1. The van der Waals surface area contributed by atoms with E-state index in [0.29, 0.717) is 12.2 Å². The highest BCUT2D eigenvalue weighted by Crippen LogP contribution is 2.27. The minimum atomic E-state index is -0.539. The molecule has 0 spiro atoms. The van der Waals surface area contributed by atoms with Crippen molar-refractivity contribution in [1.82, 2.24) is 4.31 Å². The van der Waals surface area contributed by atoms with Crippen LogP contribution in [0.3, 0.4) is 0 Å². The summed E-state index contributed by atoms with van der Waals surface area (Å²) >= 11 is 1.36. The fourth-order valence-corrected chi connectivity index (χ4v) is 2.77. The quantitative estimate of drug-likeness (QED) is 0.651. The van der Waals surface area contributed by atoms with Gasteiger partial charge in [-0.25, -0.2) is 9.10 Å². The summed E-state index contributed by atoms with van der Waals surface area (Å²) < 4.78 is 7.12. The van der Waals surface area contributed by atoms with Crippen LogP contribution in [0, 0.1) is 0 Å². The van der Waals surface area contributed by atoms with E-state index in [0.717, 1.165) is 10.5 Å². The highest BCUT2D eigenvalue weighted by atomic mass is 32.2. The molecule has 5 heteroatoms. The molecule has 0 aromatic heterocycles. The minimum absolute atomic E-state index is 0.367. The topological polar surface area (TPSA) is 55.6 Å². The third-order valence-corrected chi connectivity index (χ3v) is 3.81. The van der Waals surface area contributed by atoms with Gasteiger partial charge in [0, 0.05) is 10.6 Å². The lowest BCUT2D eigenvalue weighted by Gasteiger charge is -2.26. The molecule has 122 valence electrons. The number of rotatable bonds is 4. The van der Waals surface area contributed by atoms with Crippen LogP contribution in [0.2, 0.25) is 0 Å². The fraction of sp³-hybridized carbons (Fsp3) is 0.278. The van der Waals surface area contributed by atoms with Crippen LogP contribution in [0.1, 0.15) is 26.3 Å². The molecule has 0 saturated carbocycles. The Kier molecular flexibility index (Phi) is 5.55. The van der Waals surface area contributed by atoms with Crippen LogP contribution in [-0.4, -0.2) is 16.0 Å². The Morgan fingerprint density at radius 3 is 2.43 bits per heavy atom. The molecule has 2 N–H and O–H groups in total. The van der Waals surface area contributed by atoms with Crippen LogP contribution in [0.4, 0.5) is 10.5 Å². The first kappa shape index (κ1) is 17.2. The Morgan fingerprint density at radius 1 is 1.13 bits per heavy atom. The maximum absolute atomic E-state index is 12.5. The highest BCUT2D eigenvalue weighted by Gasteiger charge is 2.23. The van der Waals surface area contributed by atoms with E-state index in [1.165, 1.54) is 11.9 Å². The van der Waals surface area contributed by atoms with E-state index in [1.807, 2.05) is 75.4 Å². The number of carbonyl (C=O) groups is 1. The predicted octanol–water partition coefficient (Wildman–Crippen LogP) is 4.71. The van der Waals surface area contributed by atoms with E-state index in [-0.39, 0.29) is 6.09 Å². The molecule has 0 aliphatic heterocycles. The number of hydrogen-bond acceptors (Lipinski definition) is 4. The van der Waals surface area contributed by atoms with Gasteiger partial charge < -0.3 is 10.5 Å². The normalized spacial score (nSPS) is 11.1. The summed E-state index contributed by atoms with van der Waals surface area (Å²) in [7, 11) is 0. The van der Waals surface area contributed by atoms with Gasteiger partial charge in [-0.3, -0.25) is 0 Å². The van der Waals surface area contributed by atoms with E-state index in [9.17, 15) is 4.79 Å². The number of nitrogens with zero attached hydrogens (tertiary/aromatic N) is 1. The number of amides is 1.